The third-order valence-electron chi connectivity index (χ3n) is 5.20. The van der Waals surface area contributed by atoms with Gasteiger partial charge in [-0.3, -0.25) is 9.80 Å². The van der Waals surface area contributed by atoms with Crippen LogP contribution >= 0.6 is 0 Å². The Morgan fingerprint density at radius 3 is 2.76 bits per heavy atom. The summed E-state index contributed by atoms with van der Waals surface area (Å²) < 4.78 is 14.3. The fourth-order valence-corrected chi connectivity index (χ4v) is 3.78. The lowest BCUT2D eigenvalue weighted by Gasteiger charge is -2.24. The van der Waals surface area contributed by atoms with Crippen LogP contribution in [0, 0.1) is 5.82 Å². The lowest BCUT2D eigenvalue weighted by Crippen LogP contribution is -2.37. The van der Waals surface area contributed by atoms with Gasteiger partial charge in [-0.05, 0) is 25.3 Å². The van der Waals surface area contributed by atoms with E-state index in [4.69, 9.17) is 0 Å². The molecule has 1 aromatic rings. The van der Waals surface area contributed by atoms with Crippen molar-refractivity contribution in [1.29, 1.82) is 0 Å². The first-order valence-corrected chi connectivity index (χ1v) is 9.58. The second-order valence-corrected chi connectivity index (χ2v) is 7.11. The van der Waals surface area contributed by atoms with Crippen LogP contribution in [0.25, 0.3) is 0 Å². The number of hydrazone groups is 1. The van der Waals surface area contributed by atoms with Gasteiger partial charge in [0.05, 0.1) is 6.04 Å². The van der Waals surface area contributed by atoms with Crippen molar-refractivity contribution in [3.8, 4) is 0 Å². The van der Waals surface area contributed by atoms with E-state index in [2.05, 4.69) is 17.3 Å². The van der Waals surface area contributed by atoms with E-state index in [0.29, 0.717) is 17.7 Å². The standard InChI is InChI=1S/C20H28FN3O/c1-2-3-8-13-24-19(16-11-6-7-12-17(16)21)14-18(23-24)20(25)22-15-9-4-5-10-15/h6-7,11-12,15,19H,2-5,8-10,13-14H2,1H3,(H,22,25). The van der Waals surface area contributed by atoms with Crippen molar-refractivity contribution < 1.29 is 9.18 Å². The molecule has 0 saturated heterocycles. The van der Waals surface area contributed by atoms with Gasteiger partial charge in [-0.1, -0.05) is 50.8 Å². The molecule has 1 fully saturated rings. The maximum atomic E-state index is 14.3. The van der Waals surface area contributed by atoms with Crippen molar-refractivity contribution in [2.24, 2.45) is 5.10 Å². The molecular formula is C20H28FN3O. The summed E-state index contributed by atoms with van der Waals surface area (Å²) in [5.41, 5.74) is 1.17. The quantitative estimate of drug-likeness (QED) is 0.754. The van der Waals surface area contributed by atoms with Crippen LogP contribution in [0.3, 0.4) is 0 Å². The normalized spacial score (nSPS) is 20.8. The van der Waals surface area contributed by atoms with Crippen LogP contribution in [0.4, 0.5) is 4.39 Å². The van der Waals surface area contributed by atoms with Crippen LogP contribution < -0.4 is 5.32 Å². The highest BCUT2D eigenvalue weighted by atomic mass is 19.1. The summed E-state index contributed by atoms with van der Waals surface area (Å²) in [6.07, 6.45) is 8.17. The average Bonchev–Trinajstić information content (AvgIpc) is 3.25. The summed E-state index contributed by atoms with van der Waals surface area (Å²) in [6.45, 7) is 2.91. The second-order valence-electron chi connectivity index (χ2n) is 7.11. The van der Waals surface area contributed by atoms with Gasteiger partial charge in [-0.2, -0.15) is 5.10 Å². The van der Waals surface area contributed by atoms with Crippen molar-refractivity contribution in [1.82, 2.24) is 10.3 Å². The molecule has 1 aromatic carbocycles. The molecule has 1 aliphatic carbocycles. The number of hydrogen-bond donors (Lipinski definition) is 1. The van der Waals surface area contributed by atoms with Crippen LogP contribution in [0.2, 0.25) is 0 Å². The SMILES string of the molecule is CCCCCN1N=C(C(=O)NC2CCCC2)CC1c1ccccc1F. The van der Waals surface area contributed by atoms with Crippen LogP contribution in [0.15, 0.2) is 29.4 Å². The summed E-state index contributed by atoms with van der Waals surface area (Å²) in [5, 5.41) is 9.59. The summed E-state index contributed by atoms with van der Waals surface area (Å²) >= 11 is 0. The summed E-state index contributed by atoms with van der Waals surface area (Å²) in [6, 6.07) is 6.93. The van der Waals surface area contributed by atoms with E-state index < -0.39 is 0 Å². The molecule has 1 amide bonds. The predicted molar refractivity (Wildman–Crippen MR) is 97.8 cm³/mol. The Bertz CT molecular complexity index is 625. The van der Waals surface area contributed by atoms with Crippen molar-refractivity contribution in [2.45, 2.75) is 70.4 Å². The molecule has 0 spiro atoms. The maximum Gasteiger partial charge on any atom is 0.267 e. The number of unbranched alkanes of at least 4 members (excludes halogenated alkanes) is 2. The van der Waals surface area contributed by atoms with Crippen LogP contribution in [-0.4, -0.2) is 29.2 Å². The molecular weight excluding hydrogens is 317 g/mol. The summed E-state index contributed by atoms with van der Waals surface area (Å²) in [4.78, 5) is 12.6. The van der Waals surface area contributed by atoms with Gasteiger partial charge in [-0.25, -0.2) is 4.39 Å². The Morgan fingerprint density at radius 1 is 1.28 bits per heavy atom. The highest BCUT2D eigenvalue weighted by Gasteiger charge is 2.33. The fourth-order valence-electron chi connectivity index (χ4n) is 3.78. The number of benzene rings is 1. The van der Waals surface area contributed by atoms with Gasteiger partial charge in [-0.15, -0.1) is 0 Å². The monoisotopic (exact) mass is 345 g/mol. The molecule has 1 heterocycles. The van der Waals surface area contributed by atoms with E-state index >= 15 is 0 Å². The minimum absolute atomic E-state index is 0.0776. The number of carbonyl (C=O) groups excluding carboxylic acids is 1. The molecule has 2 aliphatic rings. The van der Waals surface area contributed by atoms with Crippen LogP contribution in [-0.2, 0) is 4.79 Å². The highest BCUT2D eigenvalue weighted by Crippen LogP contribution is 2.32. The fraction of sp³-hybridized carbons (Fsp3) is 0.600. The Balaban J connectivity index is 1.72. The van der Waals surface area contributed by atoms with Gasteiger partial charge in [0.25, 0.3) is 5.91 Å². The van der Waals surface area contributed by atoms with Gasteiger partial charge >= 0.3 is 0 Å². The molecule has 3 rings (SSSR count). The number of amides is 1. The van der Waals surface area contributed by atoms with Crippen molar-refractivity contribution >= 4 is 11.6 Å². The number of rotatable bonds is 7. The number of hydrogen-bond acceptors (Lipinski definition) is 3. The third kappa shape index (κ3) is 4.39. The van der Waals surface area contributed by atoms with Crippen molar-refractivity contribution in [3.63, 3.8) is 0 Å². The number of halogens is 1. The minimum atomic E-state index is -0.222. The topological polar surface area (TPSA) is 44.7 Å². The molecule has 1 saturated carbocycles. The zero-order valence-electron chi connectivity index (χ0n) is 15.0. The molecule has 1 atom stereocenters. The molecule has 1 unspecified atom stereocenters. The zero-order chi connectivity index (χ0) is 17.6. The predicted octanol–water partition coefficient (Wildman–Crippen LogP) is 4.18. The van der Waals surface area contributed by atoms with Gasteiger partial charge in [0, 0.05) is 24.6 Å². The average molecular weight is 345 g/mol. The smallest absolute Gasteiger partial charge is 0.267 e. The largest absolute Gasteiger partial charge is 0.348 e. The zero-order valence-corrected chi connectivity index (χ0v) is 15.0. The first-order valence-electron chi connectivity index (χ1n) is 9.58. The molecule has 4 nitrogen and oxygen atoms in total. The molecule has 136 valence electrons. The Hall–Kier alpha value is -1.91. The molecule has 0 bridgehead atoms. The Kier molecular flexibility index (Phi) is 6.05. The van der Waals surface area contributed by atoms with E-state index in [1.165, 1.54) is 18.9 Å². The van der Waals surface area contributed by atoms with Gasteiger partial charge < -0.3 is 5.32 Å². The molecule has 5 heteroatoms. The summed E-state index contributed by atoms with van der Waals surface area (Å²) in [7, 11) is 0. The Morgan fingerprint density at radius 2 is 2.04 bits per heavy atom. The second kappa shape index (κ2) is 8.45. The lowest BCUT2D eigenvalue weighted by molar-refractivity contribution is -0.115. The lowest BCUT2D eigenvalue weighted by atomic mass is 10.0. The van der Waals surface area contributed by atoms with E-state index in [9.17, 15) is 9.18 Å². The van der Waals surface area contributed by atoms with E-state index in [1.54, 1.807) is 12.1 Å². The van der Waals surface area contributed by atoms with Crippen molar-refractivity contribution in [2.75, 3.05) is 6.54 Å². The molecule has 1 N–H and O–H groups in total. The first-order chi connectivity index (χ1) is 12.2. The number of nitrogens with zero attached hydrogens (tertiary/aromatic N) is 2. The minimum Gasteiger partial charge on any atom is -0.348 e. The molecule has 0 aromatic heterocycles. The Labute approximate surface area is 149 Å². The van der Waals surface area contributed by atoms with Gasteiger partial charge in [0.1, 0.15) is 11.5 Å². The summed E-state index contributed by atoms with van der Waals surface area (Å²) in [5.74, 6) is -0.299. The van der Waals surface area contributed by atoms with Gasteiger partial charge in [0.2, 0.25) is 0 Å². The third-order valence-corrected chi connectivity index (χ3v) is 5.20. The van der Waals surface area contributed by atoms with Crippen LogP contribution in [0.5, 0.6) is 0 Å². The first kappa shape index (κ1) is 17.9. The maximum absolute atomic E-state index is 14.3. The molecule has 25 heavy (non-hydrogen) atoms. The van der Waals surface area contributed by atoms with E-state index in [-0.39, 0.29) is 23.8 Å². The highest BCUT2D eigenvalue weighted by molar-refractivity contribution is 6.39. The van der Waals surface area contributed by atoms with E-state index in [0.717, 1.165) is 38.6 Å². The van der Waals surface area contributed by atoms with E-state index in [1.807, 2.05) is 11.1 Å². The van der Waals surface area contributed by atoms with Crippen molar-refractivity contribution in [3.05, 3.63) is 35.6 Å². The number of carbonyl (C=O) groups is 1. The molecule has 1 aliphatic heterocycles. The number of nitrogens with one attached hydrogen (secondary N) is 1. The van der Waals surface area contributed by atoms with Crippen LogP contribution in [0.1, 0.15) is 69.9 Å². The van der Waals surface area contributed by atoms with Gasteiger partial charge in [0.15, 0.2) is 0 Å². The molecule has 0 radical (unpaired) electrons.